The van der Waals surface area contributed by atoms with Crippen LogP contribution >= 0.6 is 0 Å². The molecule has 0 radical (unpaired) electrons. The summed E-state index contributed by atoms with van der Waals surface area (Å²) in [6, 6.07) is 15.3. The van der Waals surface area contributed by atoms with E-state index in [0.29, 0.717) is 33.9 Å². The van der Waals surface area contributed by atoms with Gasteiger partial charge in [0, 0.05) is 11.6 Å². The Kier molecular flexibility index (Phi) is 4.64. The third-order valence-corrected chi connectivity index (χ3v) is 4.69. The maximum absolute atomic E-state index is 12.7. The number of rotatable bonds is 5. The molecule has 0 aliphatic carbocycles. The smallest absolute Gasteiger partial charge is 0.262 e. The number of carbonyl (C=O) groups excluding carboxylic acids is 3. The molecule has 0 saturated heterocycles. The van der Waals surface area contributed by atoms with Gasteiger partial charge in [0.1, 0.15) is 23.8 Å². The average Bonchev–Trinajstić information content (AvgIpc) is 3.25. The van der Waals surface area contributed by atoms with Crippen LogP contribution in [0, 0.1) is 6.92 Å². The minimum atomic E-state index is -0.503. The monoisotopic (exact) mass is 390 g/mol. The first kappa shape index (κ1) is 18.5. The van der Waals surface area contributed by atoms with E-state index in [-0.39, 0.29) is 6.54 Å². The van der Waals surface area contributed by atoms with Gasteiger partial charge in [-0.15, -0.1) is 0 Å². The van der Waals surface area contributed by atoms with E-state index in [1.165, 1.54) is 7.11 Å². The van der Waals surface area contributed by atoms with Crippen LogP contribution in [-0.4, -0.2) is 36.3 Å². The van der Waals surface area contributed by atoms with E-state index in [1.807, 2.05) is 13.0 Å². The lowest BCUT2D eigenvalue weighted by Crippen LogP contribution is -2.37. The average molecular weight is 390 g/mol. The van der Waals surface area contributed by atoms with Crippen molar-refractivity contribution in [3.8, 4) is 17.1 Å². The zero-order chi connectivity index (χ0) is 20.5. The van der Waals surface area contributed by atoms with Crippen molar-refractivity contribution < 1.29 is 23.5 Å². The Morgan fingerprint density at radius 3 is 2.28 bits per heavy atom. The molecule has 0 fully saturated rings. The highest BCUT2D eigenvalue weighted by atomic mass is 16.5. The number of imide groups is 1. The van der Waals surface area contributed by atoms with Crippen LogP contribution in [0.4, 0.5) is 5.69 Å². The van der Waals surface area contributed by atoms with Crippen molar-refractivity contribution in [3.05, 3.63) is 71.5 Å². The van der Waals surface area contributed by atoms with Crippen molar-refractivity contribution in [1.29, 1.82) is 0 Å². The standard InChI is InChI=1S/C22H18N2O5/c1-13-7-10-19(29-13)17-9-8-14(28-2)11-18(17)23-20(25)12-24-21(26)15-5-3-4-6-16(15)22(24)27/h3-11H,12H2,1-2H3,(H,23,25). The molecular weight excluding hydrogens is 372 g/mol. The van der Waals surface area contributed by atoms with E-state index in [4.69, 9.17) is 9.15 Å². The molecule has 2 aromatic carbocycles. The summed E-state index contributed by atoms with van der Waals surface area (Å²) in [5.41, 5.74) is 1.73. The lowest BCUT2D eigenvalue weighted by molar-refractivity contribution is -0.116. The van der Waals surface area contributed by atoms with Crippen LogP contribution in [0.15, 0.2) is 59.0 Å². The summed E-state index contributed by atoms with van der Waals surface area (Å²) in [4.78, 5) is 38.6. The fourth-order valence-electron chi connectivity index (χ4n) is 3.26. The number of carbonyl (C=O) groups is 3. The summed E-state index contributed by atoms with van der Waals surface area (Å²) < 4.78 is 10.9. The van der Waals surface area contributed by atoms with Gasteiger partial charge in [0.25, 0.3) is 11.8 Å². The molecule has 146 valence electrons. The van der Waals surface area contributed by atoms with Gasteiger partial charge in [-0.1, -0.05) is 12.1 Å². The SMILES string of the molecule is COc1ccc(-c2ccc(C)o2)c(NC(=O)CN2C(=O)c3ccccc3C2=O)c1. The molecule has 0 spiro atoms. The molecule has 1 aliphatic rings. The zero-order valence-corrected chi connectivity index (χ0v) is 15.9. The molecule has 0 saturated carbocycles. The van der Waals surface area contributed by atoms with E-state index in [9.17, 15) is 14.4 Å². The van der Waals surface area contributed by atoms with Gasteiger partial charge in [-0.3, -0.25) is 19.3 Å². The van der Waals surface area contributed by atoms with Gasteiger partial charge < -0.3 is 14.5 Å². The maximum atomic E-state index is 12.7. The van der Waals surface area contributed by atoms with Crippen molar-refractivity contribution in [3.63, 3.8) is 0 Å². The molecule has 0 bridgehead atoms. The van der Waals surface area contributed by atoms with Crippen molar-refractivity contribution in [2.24, 2.45) is 0 Å². The summed E-state index contributed by atoms with van der Waals surface area (Å²) in [7, 11) is 1.52. The van der Waals surface area contributed by atoms with Gasteiger partial charge in [0.2, 0.25) is 5.91 Å². The number of nitrogens with one attached hydrogen (secondary N) is 1. The van der Waals surface area contributed by atoms with Crippen LogP contribution in [0.5, 0.6) is 5.75 Å². The second-order valence-corrected chi connectivity index (χ2v) is 6.61. The van der Waals surface area contributed by atoms with E-state index in [2.05, 4.69) is 5.32 Å². The number of ether oxygens (including phenoxy) is 1. The fourth-order valence-corrected chi connectivity index (χ4v) is 3.26. The summed E-state index contributed by atoms with van der Waals surface area (Å²) in [6.07, 6.45) is 0. The Bertz CT molecular complexity index is 1100. The van der Waals surface area contributed by atoms with Crippen molar-refractivity contribution in [2.75, 3.05) is 19.0 Å². The van der Waals surface area contributed by atoms with E-state index < -0.39 is 17.7 Å². The number of hydrogen-bond acceptors (Lipinski definition) is 5. The largest absolute Gasteiger partial charge is 0.497 e. The molecule has 4 rings (SSSR count). The van der Waals surface area contributed by atoms with Crippen molar-refractivity contribution in [2.45, 2.75) is 6.92 Å². The van der Waals surface area contributed by atoms with Crippen LogP contribution in [0.25, 0.3) is 11.3 Å². The number of methoxy groups -OCH3 is 1. The van der Waals surface area contributed by atoms with Gasteiger partial charge in [0.15, 0.2) is 0 Å². The minimum Gasteiger partial charge on any atom is -0.497 e. The Morgan fingerprint density at radius 1 is 1.00 bits per heavy atom. The highest BCUT2D eigenvalue weighted by Gasteiger charge is 2.36. The summed E-state index contributed by atoms with van der Waals surface area (Å²) >= 11 is 0. The molecular formula is C22H18N2O5. The molecule has 7 heteroatoms. The van der Waals surface area contributed by atoms with Crippen LogP contribution in [0.3, 0.4) is 0 Å². The Morgan fingerprint density at radius 2 is 1.69 bits per heavy atom. The minimum absolute atomic E-state index is 0.304. The van der Waals surface area contributed by atoms with Gasteiger partial charge in [-0.25, -0.2) is 0 Å². The second kappa shape index (κ2) is 7.27. The normalized spacial score (nSPS) is 12.8. The molecule has 0 unspecified atom stereocenters. The number of amides is 3. The van der Waals surface area contributed by atoms with Crippen LogP contribution in [0.2, 0.25) is 0 Å². The fraction of sp³-hybridized carbons (Fsp3) is 0.136. The quantitative estimate of drug-likeness (QED) is 0.674. The molecule has 1 N–H and O–H groups in total. The first-order valence-corrected chi connectivity index (χ1v) is 8.98. The van der Waals surface area contributed by atoms with Gasteiger partial charge in [-0.2, -0.15) is 0 Å². The Balaban J connectivity index is 1.57. The molecule has 7 nitrogen and oxygen atoms in total. The number of anilines is 1. The first-order chi connectivity index (χ1) is 14.0. The first-order valence-electron chi connectivity index (χ1n) is 8.98. The Hall–Kier alpha value is -3.87. The third-order valence-electron chi connectivity index (χ3n) is 4.69. The topological polar surface area (TPSA) is 88.8 Å². The number of benzene rings is 2. The number of fused-ring (bicyclic) bond motifs is 1. The highest BCUT2D eigenvalue weighted by molar-refractivity contribution is 6.22. The lowest BCUT2D eigenvalue weighted by Gasteiger charge is -2.15. The molecule has 1 aromatic heterocycles. The van der Waals surface area contributed by atoms with Gasteiger partial charge >= 0.3 is 0 Å². The van der Waals surface area contributed by atoms with Gasteiger partial charge in [0.05, 0.1) is 23.9 Å². The highest BCUT2D eigenvalue weighted by Crippen LogP contribution is 2.33. The number of furan rings is 1. The lowest BCUT2D eigenvalue weighted by atomic mass is 10.1. The van der Waals surface area contributed by atoms with E-state index in [1.54, 1.807) is 48.5 Å². The van der Waals surface area contributed by atoms with E-state index >= 15 is 0 Å². The summed E-state index contributed by atoms with van der Waals surface area (Å²) in [5.74, 6) is 0.409. The molecule has 0 atom stereocenters. The van der Waals surface area contributed by atoms with Crippen molar-refractivity contribution in [1.82, 2.24) is 4.90 Å². The molecule has 1 aliphatic heterocycles. The summed E-state index contributed by atoms with van der Waals surface area (Å²) in [5, 5.41) is 2.76. The van der Waals surface area contributed by atoms with E-state index in [0.717, 1.165) is 10.7 Å². The molecule has 3 aromatic rings. The third kappa shape index (κ3) is 3.38. The van der Waals surface area contributed by atoms with Crippen LogP contribution in [-0.2, 0) is 4.79 Å². The molecule has 2 heterocycles. The maximum Gasteiger partial charge on any atom is 0.262 e. The Labute approximate surface area is 166 Å². The number of nitrogens with zero attached hydrogens (tertiary/aromatic N) is 1. The van der Waals surface area contributed by atoms with Crippen molar-refractivity contribution >= 4 is 23.4 Å². The summed E-state index contributed by atoms with van der Waals surface area (Å²) in [6.45, 7) is 1.44. The van der Waals surface area contributed by atoms with Gasteiger partial charge in [-0.05, 0) is 43.3 Å². The second-order valence-electron chi connectivity index (χ2n) is 6.61. The molecule has 29 heavy (non-hydrogen) atoms. The van der Waals surface area contributed by atoms with Crippen LogP contribution in [0.1, 0.15) is 26.5 Å². The number of aryl methyl sites for hydroxylation is 1. The number of hydrogen-bond donors (Lipinski definition) is 1. The predicted octanol–water partition coefficient (Wildman–Crippen LogP) is 3.50. The van der Waals surface area contributed by atoms with Crippen LogP contribution < -0.4 is 10.1 Å². The predicted molar refractivity (Wildman–Crippen MR) is 106 cm³/mol. The zero-order valence-electron chi connectivity index (χ0n) is 15.9. The molecule has 3 amide bonds.